The van der Waals surface area contributed by atoms with Crippen LogP contribution in [0.1, 0.15) is 0 Å². The van der Waals surface area contributed by atoms with Crippen molar-refractivity contribution < 1.29 is 47.6 Å². The first kappa shape index (κ1) is 22.4. The molecule has 10 heteroatoms. The Hall–Kier alpha value is -3.56. The van der Waals surface area contributed by atoms with Gasteiger partial charge >= 0.3 is 24.2 Å². The number of esters is 2. The number of carbonyl (C=O) groups excluding carboxylic acids is 4. The molecule has 0 aromatic rings. The number of carbonyl (C=O) groups is 4. The largest absolute Gasteiger partial charge is 0.509 e. The summed E-state index contributed by atoms with van der Waals surface area (Å²) in [6, 6.07) is 0. The van der Waals surface area contributed by atoms with Gasteiger partial charge in [-0.15, -0.1) is 0 Å². The van der Waals surface area contributed by atoms with E-state index in [1.807, 2.05) is 0 Å². The van der Waals surface area contributed by atoms with Gasteiger partial charge in [0.05, 0.1) is 12.5 Å². The Balaban J connectivity index is 5.50. The summed E-state index contributed by atoms with van der Waals surface area (Å²) < 4.78 is 27.4. The second-order valence-electron chi connectivity index (χ2n) is 3.98. The molecule has 0 saturated carbocycles. The molecule has 0 saturated heterocycles. The minimum Gasteiger partial charge on any atom is -0.432 e. The van der Waals surface area contributed by atoms with Gasteiger partial charge in [0.25, 0.3) is 0 Å². The van der Waals surface area contributed by atoms with E-state index in [0.29, 0.717) is 12.5 Å². The van der Waals surface area contributed by atoms with E-state index in [-0.39, 0.29) is 13.2 Å². The summed E-state index contributed by atoms with van der Waals surface area (Å²) in [5.74, 6) is -2.59. The van der Waals surface area contributed by atoms with Crippen LogP contribution in [0.2, 0.25) is 0 Å². The Morgan fingerprint density at radius 3 is 1.31 bits per heavy atom. The zero-order valence-electron chi connectivity index (χ0n) is 13.8. The Bertz CT molecular complexity index is 515. The van der Waals surface area contributed by atoms with E-state index in [2.05, 4.69) is 54.7 Å². The number of rotatable bonds is 11. The Morgan fingerprint density at radius 2 is 1.04 bits per heavy atom. The Kier molecular flexibility index (Phi) is 11.1. The lowest BCUT2D eigenvalue weighted by molar-refractivity contribution is -0.170. The SMILES string of the molecule is C=CCOC(=O)OC(C(=O)OC=C)C(OC(=O)OCC=C)C(=O)OC=C. The van der Waals surface area contributed by atoms with E-state index in [0.717, 1.165) is 0 Å². The summed E-state index contributed by atoms with van der Waals surface area (Å²) in [6.07, 6.45) is -3.01. The molecule has 0 aliphatic rings. The highest BCUT2D eigenvalue weighted by Crippen LogP contribution is 2.13. The molecule has 0 aliphatic carbocycles. The van der Waals surface area contributed by atoms with Crippen molar-refractivity contribution in [3.63, 3.8) is 0 Å². The molecule has 2 unspecified atom stereocenters. The van der Waals surface area contributed by atoms with Gasteiger partial charge in [-0.25, -0.2) is 19.2 Å². The molecule has 0 N–H and O–H groups in total. The lowest BCUT2D eigenvalue weighted by atomic mass is 10.2. The smallest absolute Gasteiger partial charge is 0.432 e. The van der Waals surface area contributed by atoms with Gasteiger partial charge in [-0.05, 0) is 0 Å². The van der Waals surface area contributed by atoms with Crippen molar-refractivity contribution in [3.05, 3.63) is 51.0 Å². The number of ether oxygens (including phenoxy) is 6. The molecule has 10 nitrogen and oxygen atoms in total. The molecule has 0 aromatic carbocycles. The van der Waals surface area contributed by atoms with Crippen LogP contribution in [0.5, 0.6) is 0 Å². The van der Waals surface area contributed by atoms with E-state index in [4.69, 9.17) is 0 Å². The Morgan fingerprint density at radius 1 is 0.692 bits per heavy atom. The first-order chi connectivity index (χ1) is 12.4. The predicted octanol–water partition coefficient (Wildman–Crippen LogP) is 1.78. The first-order valence-electron chi connectivity index (χ1n) is 6.92. The lowest BCUT2D eigenvalue weighted by Gasteiger charge is -2.22. The van der Waals surface area contributed by atoms with Gasteiger partial charge in [-0.3, -0.25) is 0 Å². The summed E-state index contributed by atoms with van der Waals surface area (Å²) >= 11 is 0. The van der Waals surface area contributed by atoms with Gasteiger partial charge < -0.3 is 28.4 Å². The van der Waals surface area contributed by atoms with Crippen LogP contribution in [-0.4, -0.2) is 49.7 Å². The van der Waals surface area contributed by atoms with Crippen molar-refractivity contribution in [3.8, 4) is 0 Å². The molecule has 0 aliphatic heterocycles. The fourth-order valence-corrected chi connectivity index (χ4v) is 1.29. The molecule has 2 atom stereocenters. The van der Waals surface area contributed by atoms with Crippen molar-refractivity contribution in [1.29, 1.82) is 0 Å². The zero-order valence-corrected chi connectivity index (χ0v) is 13.8. The molecule has 0 amide bonds. The molecular formula is C16H18O10. The van der Waals surface area contributed by atoms with Crippen LogP contribution in [0.4, 0.5) is 9.59 Å². The third-order valence-corrected chi connectivity index (χ3v) is 2.22. The van der Waals surface area contributed by atoms with E-state index in [1.54, 1.807) is 0 Å². The average Bonchev–Trinajstić information content (AvgIpc) is 2.61. The maximum absolute atomic E-state index is 12.0. The summed E-state index contributed by atoms with van der Waals surface area (Å²) in [7, 11) is 0. The normalized spacial score (nSPS) is 11.5. The molecule has 26 heavy (non-hydrogen) atoms. The monoisotopic (exact) mass is 370 g/mol. The van der Waals surface area contributed by atoms with Gasteiger partial charge in [0.1, 0.15) is 13.2 Å². The van der Waals surface area contributed by atoms with Crippen LogP contribution in [0, 0.1) is 0 Å². The minimum absolute atomic E-state index is 0.244. The highest BCUT2D eigenvalue weighted by Gasteiger charge is 2.43. The zero-order chi connectivity index (χ0) is 19.9. The molecule has 0 aromatic heterocycles. The Labute approximate surface area is 149 Å². The van der Waals surface area contributed by atoms with Gasteiger partial charge in [-0.2, -0.15) is 0 Å². The molecule has 0 rings (SSSR count). The minimum atomic E-state index is -2.07. The first-order valence-corrected chi connectivity index (χ1v) is 6.92. The van der Waals surface area contributed by atoms with Crippen molar-refractivity contribution in [1.82, 2.24) is 0 Å². The van der Waals surface area contributed by atoms with Crippen LogP contribution in [0.15, 0.2) is 51.0 Å². The van der Waals surface area contributed by atoms with Crippen molar-refractivity contribution in [2.45, 2.75) is 12.2 Å². The van der Waals surface area contributed by atoms with Crippen molar-refractivity contribution in [2.24, 2.45) is 0 Å². The number of hydrogen-bond donors (Lipinski definition) is 0. The topological polar surface area (TPSA) is 124 Å². The summed E-state index contributed by atoms with van der Waals surface area (Å²) in [5, 5.41) is 0. The average molecular weight is 370 g/mol. The van der Waals surface area contributed by atoms with Gasteiger partial charge in [0, 0.05) is 0 Å². The highest BCUT2D eigenvalue weighted by molar-refractivity contribution is 5.88. The predicted molar refractivity (Wildman–Crippen MR) is 85.4 cm³/mol. The molecule has 142 valence electrons. The summed E-state index contributed by atoms with van der Waals surface area (Å²) in [5.41, 5.74) is 0. The fraction of sp³-hybridized carbons (Fsp3) is 0.250. The van der Waals surface area contributed by atoms with Gasteiger partial charge in [0.15, 0.2) is 0 Å². The van der Waals surface area contributed by atoms with E-state index >= 15 is 0 Å². The van der Waals surface area contributed by atoms with Crippen LogP contribution in [0.3, 0.4) is 0 Å². The molecule has 0 fully saturated rings. The van der Waals surface area contributed by atoms with E-state index < -0.39 is 36.5 Å². The molecule has 0 radical (unpaired) electrons. The van der Waals surface area contributed by atoms with Gasteiger partial charge in [0.2, 0.25) is 12.2 Å². The van der Waals surface area contributed by atoms with Crippen LogP contribution < -0.4 is 0 Å². The maximum Gasteiger partial charge on any atom is 0.509 e. The van der Waals surface area contributed by atoms with Gasteiger partial charge in [-0.1, -0.05) is 38.5 Å². The second-order valence-corrected chi connectivity index (χ2v) is 3.98. The van der Waals surface area contributed by atoms with Crippen molar-refractivity contribution >= 4 is 24.2 Å². The third-order valence-electron chi connectivity index (χ3n) is 2.22. The maximum atomic E-state index is 12.0. The summed E-state index contributed by atoms with van der Waals surface area (Å²) in [6.45, 7) is 12.4. The standard InChI is InChI=1S/C16H18O10/c1-5-9-23-15(19)25-11(13(17)21-7-3)12(14(18)22-8-4)26-16(20)24-10-6-2/h5-8,11-12H,1-4,9-10H2. The molecule has 0 heterocycles. The van der Waals surface area contributed by atoms with E-state index in [1.165, 1.54) is 12.2 Å². The van der Waals surface area contributed by atoms with Crippen LogP contribution in [0.25, 0.3) is 0 Å². The quantitative estimate of drug-likeness (QED) is 0.230. The van der Waals surface area contributed by atoms with Crippen LogP contribution >= 0.6 is 0 Å². The van der Waals surface area contributed by atoms with E-state index in [9.17, 15) is 19.2 Å². The number of hydrogen-bond acceptors (Lipinski definition) is 10. The molecular weight excluding hydrogens is 352 g/mol. The third kappa shape index (κ3) is 8.34. The van der Waals surface area contributed by atoms with Crippen molar-refractivity contribution in [2.75, 3.05) is 13.2 Å². The molecule has 0 spiro atoms. The van der Waals surface area contributed by atoms with Crippen LogP contribution in [-0.2, 0) is 38.0 Å². The highest BCUT2D eigenvalue weighted by atomic mass is 16.8. The second kappa shape index (κ2) is 12.8. The molecule has 0 bridgehead atoms. The summed E-state index contributed by atoms with van der Waals surface area (Å²) in [4.78, 5) is 47.1. The lowest BCUT2D eigenvalue weighted by Crippen LogP contribution is -2.47. The fourth-order valence-electron chi connectivity index (χ4n) is 1.29.